The highest BCUT2D eigenvalue weighted by atomic mass is 16.5. The van der Waals surface area contributed by atoms with Gasteiger partial charge in [-0.2, -0.15) is 0 Å². The number of rotatable bonds is 10. The van der Waals surface area contributed by atoms with Crippen LogP contribution in [0.5, 0.6) is 5.75 Å². The topological polar surface area (TPSA) is 84.6 Å². The van der Waals surface area contributed by atoms with Crippen molar-refractivity contribution in [1.29, 1.82) is 0 Å². The SMILES string of the molecule is CCc1cccc(CC)c1-c1nc(C)c(COc2cc(C(C)C)ccc2C)c(N2CCN(C(C)C(N)=O)CC2)n1. The maximum Gasteiger partial charge on any atom is 0.234 e. The van der Waals surface area contributed by atoms with Crippen LogP contribution in [0.3, 0.4) is 0 Å². The molecule has 0 aliphatic carbocycles. The van der Waals surface area contributed by atoms with Crippen LogP contribution in [-0.4, -0.2) is 53.0 Å². The van der Waals surface area contributed by atoms with Gasteiger partial charge in [0.2, 0.25) is 5.91 Å². The third-order valence-corrected chi connectivity index (χ3v) is 8.24. The quantitative estimate of drug-likeness (QED) is 0.359. The molecule has 0 spiro atoms. The maximum atomic E-state index is 11.8. The van der Waals surface area contributed by atoms with Gasteiger partial charge in [0.1, 0.15) is 18.2 Å². The molecule has 1 fully saturated rings. The molecule has 0 bridgehead atoms. The molecule has 214 valence electrons. The van der Waals surface area contributed by atoms with Gasteiger partial charge in [-0.25, -0.2) is 9.97 Å². The first-order valence-corrected chi connectivity index (χ1v) is 14.6. The van der Waals surface area contributed by atoms with Gasteiger partial charge in [-0.15, -0.1) is 0 Å². The number of anilines is 1. The molecule has 2 N–H and O–H groups in total. The van der Waals surface area contributed by atoms with Crippen molar-refractivity contribution in [3.63, 3.8) is 0 Å². The highest BCUT2D eigenvalue weighted by molar-refractivity contribution is 5.79. The molecular formula is C33H45N5O2. The molecule has 1 amide bonds. The number of aromatic nitrogens is 2. The zero-order valence-electron chi connectivity index (χ0n) is 25.3. The molecule has 1 aliphatic rings. The van der Waals surface area contributed by atoms with Gasteiger partial charge >= 0.3 is 0 Å². The molecule has 4 rings (SSSR count). The van der Waals surface area contributed by atoms with Crippen molar-refractivity contribution in [1.82, 2.24) is 14.9 Å². The first-order valence-electron chi connectivity index (χ1n) is 14.6. The second kappa shape index (κ2) is 12.8. The zero-order valence-corrected chi connectivity index (χ0v) is 25.3. The predicted octanol–water partition coefficient (Wildman–Crippen LogP) is 5.58. The molecule has 0 saturated carbocycles. The molecule has 1 aromatic heterocycles. The van der Waals surface area contributed by atoms with Gasteiger partial charge in [0.05, 0.1) is 17.3 Å². The van der Waals surface area contributed by atoms with Crippen molar-refractivity contribution in [2.75, 3.05) is 31.1 Å². The van der Waals surface area contributed by atoms with Crippen LogP contribution in [0.1, 0.15) is 74.0 Å². The minimum absolute atomic E-state index is 0.285. The van der Waals surface area contributed by atoms with Crippen molar-refractivity contribution < 1.29 is 9.53 Å². The first-order chi connectivity index (χ1) is 19.1. The summed E-state index contributed by atoms with van der Waals surface area (Å²) in [6, 6.07) is 12.7. The number of carbonyl (C=O) groups excluding carboxylic acids is 1. The van der Waals surface area contributed by atoms with Crippen LogP contribution in [0.4, 0.5) is 5.82 Å². The lowest BCUT2D eigenvalue weighted by molar-refractivity contribution is -0.122. The van der Waals surface area contributed by atoms with Crippen molar-refractivity contribution >= 4 is 11.7 Å². The van der Waals surface area contributed by atoms with Crippen LogP contribution in [0, 0.1) is 13.8 Å². The number of hydrogen-bond donors (Lipinski definition) is 1. The molecule has 40 heavy (non-hydrogen) atoms. The number of nitrogens with two attached hydrogens (primary N) is 1. The van der Waals surface area contributed by atoms with E-state index in [0.29, 0.717) is 12.5 Å². The van der Waals surface area contributed by atoms with Crippen LogP contribution >= 0.6 is 0 Å². The average molecular weight is 544 g/mol. The van der Waals surface area contributed by atoms with E-state index in [9.17, 15) is 4.79 Å². The van der Waals surface area contributed by atoms with Gasteiger partial charge < -0.3 is 15.4 Å². The highest BCUT2D eigenvalue weighted by Crippen LogP contribution is 2.32. The summed E-state index contributed by atoms with van der Waals surface area (Å²) in [6.07, 6.45) is 1.84. The van der Waals surface area contributed by atoms with Crippen LogP contribution in [-0.2, 0) is 24.2 Å². The van der Waals surface area contributed by atoms with Gasteiger partial charge in [-0.3, -0.25) is 9.69 Å². The fraction of sp³-hybridized carbons (Fsp3) is 0.485. The van der Waals surface area contributed by atoms with Gasteiger partial charge in [-0.05, 0) is 67.9 Å². The number of amides is 1. The Morgan fingerprint density at radius 2 is 1.62 bits per heavy atom. The Morgan fingerprint density at radius 3 is 2.20 bits per heavy atom. The number of piperazine rings is 1. The minimum atomic E-state index is -0.287. The largest absolute Gasteiger partial charge is 0.488 e. The second-order valence-corrected chi connectivity index (χ2v) is 11.2. The summed E-state index contributed by atoms with van der Waals surface area (Å²) in [4.78, 5) is 26.6. The number of benzene rings is 2. The normalized spacial score (nSPS) is 14.9. The fourth-order valence-electron chi connectivity index (χ4n) is 5.44. The van der Waals surface area contributed by atoms with E-state index in [-0.39, 0.29) is 11.9 Å². The lowest BCUT2D eigenvalue weighted by Crippen LogP contribution is -2.53. The molecule has 1 aliphatic heterocycles. The molecule has 2 heterocycles. The molecule has 0 radical (unpaired) electrons. The van der Waals surface area contributed by atoms with E-state index in [1.165, 1.54) is 16.7 Å². The molecule has 1 unspecified atom stereocenters. The molecule has 7 nitrogen and oxygen atoms in total. The molecule has 3 aromatic rings. The lowest BCUT2D eigenvalue weighted by atomic mass is 9.96. The van der Waals surface area contributed by atoms with E-state index in [1.807, 2.05) is 6.92 Å². The van der Waals surface area contributed by atoms with E-state index in [1.54, 1.807) is 0 Å². The van der Waals surface area contributed by atoms with Crippen LogP contribution in [0.15, 0.2) is 36.4 Å². The summed E-state index contributed by atoms with van der Waals surface area (Å²) in [5.41, 5.74) is 13.6. The van der Waals surface area contributed by atoms with Gasteiger partial charge in [0, 0.05) is 31.7 Å². The number of ether oxygens (including phenoxy) is 1. The van der Waals surface area contributed by atoms with Gasteiger partial charge in [0.15, 0.2) is 5.82 Å². The third kappa shape index (κ3) is 6.30. The number of primary amides is 1. The van der Waals surface area contributed by atoms with Crippen molar-refractivity contribution in [2.45, 2.75) is 79.9 Å². The smallest absolute Gasteiger partial charge is 0.234 e. The molecular weight excluding hydrogens is 498 g/mol. The molecule has 1 atom stereocenters. The van der Waals surface area contributed by atoms with E-state index in [0.717, 1.165) is 78.8 Å². The Hall–Kier alpha value is -3.45. The Morgan fingerprint density at radius 1 is 0.975 bits per heavy atom. The average Bonchev–Trinajstić information content (AvgIpc) is 2.95. The molecule has 7 heteroatoms. The highest BCUT2D eigenvalue weighted by Gasteiger charge is 2.28. The number of nitrogens with zero attached hydrogens (tertiary/aromatic N) is 4. The summed E-state index contributed by atoms with van der Waals surface area (Å²) in [6.45, 7) is 18.1. The second-order valence-electron chi connectivity index (χ2n) is 11.2. The Balaban J connectivity index is 1.74. The zero-order chi connectivity index (χ0) is 29.0. The predicted molar refractivity (Wildman–Crippen MR) is 163 cm³/mol. The summed E-state index contributed by atoms with van der Waals surface area (Å²) in [5.74, 6) is 2.72. The van der Waals surface area contributed by atoms with Crippen LogP contribution < -0.4 is 15.4 Å². The summed E-state index contributed by atoms with van der Waals surface area (Å²) in [5, 5.41) is 0. The summed E-state index contributed by atoms with van der Waals surface area (Å²) < 4.78 is 6.47. The van der Waals surface area contributed by atoms with Crippen molar-refractivity contribution in [3.05, 3.63) is 69.9 Å². The van der Waals surface area contributed by atoms with Gasteiger partial charge in [0.25, 0.3) is 0 Å². The Bertz CT molecular complexity index is 1320. The molecule has 1 saturated heterocycles. The monoisotopic (exact) mass is 543 g/mol. The summed E-state index contributed by atoms with van der Waals surface area (Å²) >= 11 is 0. The number of carbonyl (C=O) groups is 1. The Kier molecular flexibility index (Phi) is 9.46. The van der Waals surface area contributed by atoms with Crippen molar-refractivity contribution in [3.8, 4) is 17.1 Å². The van der Waals surface area contributed by atoms with E-state index >= 15 is 0 Å². The van der Waals surface area contributed by atoms with E-state index in [4.69, 9.17) is 20.4 Å². The maximum absolute atomic E-state index is 11.8. The van der Waals surface area contributed by atoms with Gasteiger partial charge in [-0.1, -0.05) is 58.0 Å². The molecule has 2 aromatic carbocycles. The first kappa shape index (κ1) is 29.5. The van der Waals surface area contributed by atoms with Crippen LogP contribution in [0.25, 0.3) is 11.4 Å². The number of hydrogen-bond acceptors (Lipinski definition) is 6. The third-order valence-electron chi connectivity index (χ3n) is 8.24. The van der Waals surface area contributed by atoms with Crippen LogP contribution in [0.2, 0.25) is 0 Å². The minimum Gasteiger partial charge on any atom is -0.488 e. The lowest BCUT2D eigenvalue weighted by Gasteiger charge is -2.38. The van der Waals surface area contributed by atoms with E-state index < -0.39 is 0 Å². The Labute approximate surface area is 239 Å². The van der Waals surface area contributed by atoms with Crippen molar-refractivity contribution in [2.24, 2.45) is 5.73 Å². The number of aryl methyl sites for hydroxylation is 4. The van der Waals surface area contributed by atoms with E-state index in [2.05, 4.69) is 87.7 Å². The summed E-state index contributed by atoms with van der Waals surface area (Å²) in [7, 11) is 0. The standard InChI is InChI=1S/C33H45N5O2/c1-8-25-11-10-12-26(9-2)30(25)32-35-23(6)28(20-40-29-19-27(21(3)4)14-13-22(29)5)33(36-32)38-17-15-37(16-18-38)24(7)31(34)39/h10-14,19,21,24H,8-9,15-18,20H2,1-7H3,(H2,34,39). The fourth-order valence-corrected chi connectivity index (χ4v) is 5.44.